The second-order valence-electron chi connectivity index (χ2n) is 7.38. The average Bonchev–Trinajstić information content (AvgIpc) is 2.77. The second kappa shape index (κ2) is 9.52. The quantitative estimate of drug-likeness (QED) is 0.365. The smallest absolute Gasteiger partial charge is 0.404 e. The number of pyridine rings is 2. The maximum atomic E-state index is 11.3. The van der Waals surface area contributed by atoms with Crippen LogP contribution in [0.1, 0.15) is 37.1 Å². The molecule has 2 aromatic rings. The largest absolute Gasteiger partial charge is 0.465 e. The Morgan fingerprint density at radius 2 is 1.77 bits per heavy atom. The third kappa shape index (κ3) is 4.46. The van der Waals surface area contributed by atoms with Gasteiger partial charge in [-0.1, -0.05) is 12.1 Å². The van der Waals surface area contributed by atoms with Crippen molar-refractivity contribution in [2.24, 2.45) is 11.0 Å². The summed E-state index contributed by atoms with van der Waals surface area (Å²) >= 11 is 2.12. The van der Waals surface area contributed by atoms with E-state index >= 15 is 0 Å². The van der Waals surface area contributed by atoms with Gasteiger partial charge in [0.05, 0.1) is 22.8 Å². The minimum Gasteiger partial charge on any atom is -0.465 e. The molecule has 2 aliphatic rings. The third-order valence-electron chi connectivity index (χ3n) is 5.63. The number of fused-ring (bicyclic) bond motifs is 1. The van der Waals surface area contributed by atoms with E-state index in [4.69, 9.17) is 5.10 Å². The minimum atomic E-state index is -0.995. The monoisotopic (exact) mass is 518 g/mol. The molecule has 4 rings (SSSR count). The molecule has 30 heavy (non-hydrogen) atoms. The summed E-state index contributed by atoms with van der Waals surface area (Å²) in [6.07, 6.45) is 5.61. The predicted octanol–water partition coefficient (Wildman–Crippen LogP) is 3.33. The van der Waals surface area contributed by atoms with Gasteiger partial charge in [-0.3, -0.25) is 18.9 Å². The zero-order chi connectivity index (χ0) is 20.9. The van der Waals surface area contributed by atoms with E-state index in [1.54, 1.807) is 12.4 Å². The summed E-state index contributed by atoms with van der Waals surface area (Å²) in [5, 5.41) is 16.7. The van der Waals surface area contributed by atoms with Gasteiger partial charge in [-0.05, 0) is 55.5 Å². The van der Waals surface area contributed by atoms with Gasteiger partial charge in [-0.25, -0.2) is 4.79 Å². The molecule has 3 atom stereocenters. The van der Waals surface area contributed by atoms with Gasteiger partial charge in [0.1, 0.15) is 0 Å². The highest BCUT2D eigenvalue weighted by Crippen LogP contribution is 2.36. The molecule has 0 spiro atoms. The molecule has 9 heteroatoms. The highest BCUT2D eigenvalue weighted by molar-refractivity contribution is 14.1. The predicted molar refractivity (Wildman–Crippen MR) is 123 cm³/mol. The summed E-state index contributed by atoms with van der Waals surface area (Å²) in [7, 11) is 0. The fraction of sp³-hybridized carbons (Fsp3) is 0.333. The van der Waals surface area contributed by atoms with E-state index in [9.17, 15) is 9.90 Å². The van der Waals surface area contributed by atoms with Crippen molar-refractivity contribution < 1.29 is 9.90 Å². The Kier molecular flexibility index (Phi) is 6.58. The molecule has 2 aromatic heterocycles. The van der Waals surface area contributed by atoms with Gasteiger partial charge in [0.25, 0.3) is 0 Å². The zero-order valence-corrected chi connectivity index (χ0v) is 18.4. The maximum Gasteiger partial charge on any atom is 0.404 e. The lowest BCUT2D eigenvalue weighted by atomic mass is 9.78. The maximum absolute atomic E-state index is 11.3. The van der Waals surface area contributed by atoms with E-state index in [0.717, 1.165) is 42.1 Å². The number of carbonyl (C=O) groups is 1. The molecule has 8 nitrogen and oxygen atoms in total. The van der Waals surface area contributed by atoms with Crippen LogP contribution in [-0.4, -0.2) is 39.0 Å². The lowest BCUT2D eigenvalue weighted by Gasteiger charge is -2.35. The van der Waals surface area contributed by atoms with Crippen LogP contribution >= 0.6 is 22.9 Å². The molecule has 4 N–H and O–H groups in total. The topological polar surface area (TPSA) is 112 Å². The van der Waals surface area contributed by atoms with Crippen molar-refractivity contribution >= 4 is 40.4 Å². The number of hydrogen-bond donors (Lipinski definition) is 4. The molecule has 0 aromatic carbocycles. The van der Waals surface area contributed by atoms with Crippen LogP contribution in [-0.2, 0) is 0 Å². The van der Waals surface area contributed by atoms with E-state index < -0.39 is 6.09 Å². The van der Waals surface area contributed by atoms with E-state index in [0.29, 0.717) is 6.42 Å². The first-order chi connectivity index (χ1) is 14.7. The third-order valence-corrected chi connectivity index (χ3v) is 6.43. The fourth-order valence-electron chi connectivity index (χ4n) is 4.22. The number of allylic oxidation sites excluding steroid dienone is 1. The number of amides is 1. The molecule has 0 radical (unpaired) electrons. The van der Waals surface area contributed by atoms with Crippen molar-refractivity contribution in [2.75, 3.05) is 0 Å². The highest BCUT2D eigenvalue weighted by Gasteiger charge is 2.35. The molecule has 1 aliphatic carbocycles. The number of hydrazone groups is 1. The van der Waals surface area contributed by atoms with Crippen LogP contribution < -0.4 is 14.3 Å². The van der Waals surface area contributed by atoms with Gasteiger partial charge in [-0.2, -0.15) is 5.10 Å². The first-order valence-corrected chi connectivity index (χ1v) is 11.0. The Labute approximate surface area is 188 Å². The van der Waals surface area contributed by atoms with Crippen molar-refractivity contribution in [3.63, 3.8) is 0 Å². The first kappa shape index (κ1) is 20.7. The highest BCUT2D eigenvalue weighted by atomic mass is 127. The number of halogens is 1. The first-order valence-electron chi connectivity index (χ1n) is 9.92. The molecule has 3 unspecified atom stereocenters. The van der Waals surface area contributed by atoms with Crippen LogP contribution in [0.2, 0.25) is 0 Å². The van der Waals surface area contributed by atoms with Crippen LogP contribution in [0, 0.1) is 5.92 Å². The van der Waals surface area contributed by atoms with Crippen molar-refractivity contribution in [2.45, 2.75) is 37.8 Å². The van der Waals surface area contributed by atoms with Crippen molar-refractivity contribution in [1.29, 1.82) is 0 Å². The number of carboxylic acid groups (broad SMARTS) is 1. The Balaban J connectivity index is 1.73. The molecule has 0 bridgehead atoms. The molecule has 1 aliphatic heterocycles. The summed E-state index contributed by atoms with van der Waals surface area (Å²) < 4.78 is 3.26. The molecule has 156 valence electrons. The summed E-state index contributed by atoms with van der Waals surface area (Å²) in [6.45, 7) is 0. The Morgan fingerprint density at radius 3 is 2.40 bits per heavy atom. The second-order valence-corrected chi connectivity index (χ2v) is 8.00. The number of nitrogens with one attached hydrogen (secondary N) is 3. The standard InChI is InChI=1S/C21H23IN6O2/c22-26-16-10-8-14-13(7-9-15(16)25-21(29)30)19(17-5-1-3-11-23-17)27-28-20(14)18-6-2-4-12-24-18/h1-6,11-12,14-16,25-27H,7-10H2,(H,29,30). The zero-order valence-electron chi connectivity index (χ0n) is 16.3. The van der Waals surface area contributed by atoms with Crippen LogP contribution in [0.25, 0.3) is 5.70 Å². The minimum absolute atomic E-state index is 0.0430. The Hall–Kier alpha value is -2.53. The van der Waals surface area contributed by atoms with Gasteiger partial charge in [0, 0.05) is 53.3 Å². The van der Waals surface area contributed by atoms with Crippen LogP contribution in [0.3, 0.4) is 0 Å². The molecule has 1 saturated carbocycles. The van der Waals surface area contributed by atoms with Crippen LogP contribution in [0.5, 0.6) is 0 Å². The molecule has 3 heterocycles. The Morgan fingerprint density at radius 1 is 1.03 bits per heavy atom. The molecule has 1 fully saturated rings. The van der Waals surface area contributed by atoms with Gasteiger partial charge in [0.15, 0.2) is 0 Å². The van der Waals surface area contributed by atoms with Crippen molar-refractivity contribution in [1.82, 2.24) is 24.2 Å². The number of nitrogens with zero attached hydrogens (tertiary/aromatic N) is 3. The number of rotatable bonds is 4. The number of aromatic nitrogens is 2. The lowest BCUT2D eigenvalue weighted by Crippen LogP contribution is -2.48. The SMILES string of the molecule is O=C(O)NC1CCC2=C(c3ccccn3)NN=C(c3ccccn3)C2CCC1NI. The van der Waals surface area contributed by atoms with E-state index in [2.05, 4.69) is 47.1 Å². The Bertz CT molecular complexity index is 950. The fourth-order valence-corrected chi connectivity index (χ4v) is 4.96. The summed E-state index contributed by atoms with van der Waals surface area (Å²) in [4.78, 5) is 20.4. The molecular weight excluding hydrogens is 495 g/mol. The average molecular weight is 518 g/mol. The molecular formula is C21H23IN6O2. The lowest BCUT2D eigenvalue weighted by molar-refractivity contribution is 0.184. The normalized spacial score (nSPS) is 24.0. The van der Waals surface area contributed by atoms with Crippen molar-refractivity contribution in [3.8, 4) is 0 Å². The van der Waals surface area contributed by atoms with E-state index in [-0.39, 0.29) is 18.0 Å². The molecule has 0 saturated heterocycles. The van der Waals surface area contributed by atoms with Gasteiger partial charge in [0.2, 0.25) is 0 Å². The van der Waals surface area contributed by atoms with Gasteiger partial charge in [-0.15, -0.1) is 0 Å². The summed E-state index contributed by atoms with van der Waals surface area (Å²) in [6, 6.07) is 11.5. The molecule has 1 amide bonds. The van der Waals surface area contributed by atoms with Crippen LogP contribution in [0.15, 0.2) is 59.5 Å². The van der Waals surface area contributed by atoms with Crippen molar-refractivity contribution in [3.05, 3.63) is 65.8 Å². The summed E-state index contributed by atoms with van der Waals surface area (Å²) in [5.74, 6) is 0.0937. The van der Waals surface area contributed by atoms with Gasteiger partial charge < -0.3 is 10.4 Å². The van der Waals surface area contributed by atoms with Crippen LogP contribution in [0.4, 0.5) is 4.79 Å². The van der Waals surface area contributed by atoms with E-state index in [1.165, 1.54) is 5.57 Å². The summed E-state index contributed by atoms with van der Waals surface area (Å²) in [5.41, 5.74) is 7.95. The van der Waals surface area contributed by atoms with Gasteiger partial charge >= 0.3 is 6.09 Å². The van der Waals surface area contributed by atoms with E-state index in [1.807, 2.05) is 36.4 Å². The number of hydrogen-bond acceptors (Lipinski definition) is 6.